The maximum atomic E-state index is 10.9. The third kappa shape index (κ3) is 4.62. The number of thiocarbonyl (C=S) groups is 1. The van der Waals surface area contributed by atoms with Crippen LogP contribution in [0.15, 0.2) is 0 Å². The van der Waals surface area contributed by atoms with Crippen LogP contribution in [0.25, 0.3) is 0 Å². The van der Waals surface area contributed by atoms with Crippen molar-refractivity contribution in [2.24, 2.45) is 0 Å². The monoisotopic (exact) mass is 219 g/mol. The largest absolute Gasteiger partial charge is 0.364 e. The molecule has 13 heavy (non-hydrogen) atoms. The first-order chi connectivity index (χ1) is 5.95. The maximum Gasteiger partial charge on any atom is 0.136 e. The van der Waals surface area contributed by atoms with Crippen LogP contribution in [0.1, 0.15) is 26.7 Å². The average Bonchev–Trinajstić information content (AvgIpc) is 2.04. The minimum Gasteiger partial charge on any atom is -0.364 e. The van der Waals surface area contributed by atoms with Gasteiger partial charge in [0.15, 0.2) is 0 Å². The number of aldehydes is 1. The summed E-state index contributed by atoms with van der Waals surface area (Å²) in [5, 5.41) is 0. The number of hydrogen-bond donors (Lipinski definition) is 0. The summed E-state index contributed by atoms with van der Waals surface area (Å²) < 4.78 is 0.416. The quantitative estimate of drug-likeness (QED) is 0.534. The maximum absolute atomic E-state index is 10.9. The highest BCUT2D eigenvalue weighted by molar-refractivity contribution is 8.24. The van der Waals surface area contributed by atoms with Crippen LogP contribution in [0.2, 0.25) is 0 Å². The molecule has 1 atom stereocenters. The molecule has 0 aliphatic rings. The van der Waals surface area contributed by atoms with Gasteiger partial charge in [0.25, 0.3) is 0 Å². The van der Waals surface area contributed by atoms with Crippen molar-refractivity contribution in [1.29, 1.82) is 0 Å². The molecule has 0 heterocycles. The van der Waals surface area contributed by atoms with Gasteiger partial charge in [-0.25, -0.2) is 0 Å². The molecule has 2 nitrogen and oxygen atoms in total. The molecule has 0 saturated heterocycles. The Balaban J connectivity index is 4.26. The van der Waals surface area contributed by atoms with Gasteiger partial charge in [-0.2, -0.15) is 0 Å². The molecule has 0 aromatic heterocycles. The summed E-state index contributed by atoms with van der Waals surface area (Å²) in [4.78, 5) is 12.7. The van der Waals surface area contributed by atoms with Crippen molar-refractivity contribution < 1.29 is 4.79 Å². The zero-order chi connectivity index (χ0) is 10.5. The van der Waals surface area contributed by atoms with Gasteiger partial charge in [-0.1, -0.05) is 37.3 Å². The van der Waals surface area contributed by atoms with E-state index in [4.69, 9.17) is 12.2 Å². The van der Waals surface area contributed by atoms with Gasteiger partial charge in [0.05, 0.1) is 4.75 Å². The molecule has 0 spiro atoms. The van der Waals surface area contributed by atoms with Gasteiger partial charge in [0.1, 0.15) is 10.6 Å². The number of carbonyl (C=O) groups excluding carboxylic acids is 1. The Bertz CT molecular complexity index is 194. The molecule has 0 aromatic carbocycles. The predicted octanol–water partition coefficient (Wildman–Crippen LogP) is 2.32. The Morgan fingerprint density at radius 2 is 2.15 bits per heavy atom. The zero-order valence-electron chi connectivity index (χ0n) is 8.66. The van der Waals surface area contributed by atoms with Gasteiger partial charge in [-0.15, -0.1) is 0 Å². The first-order valence-corrected chi connectivity index (χ1v) is 5.54. The SMILES string of the molecule is CCCC(C)(C=O)SC(=S)N(C)C. The van der Waals surface area contributed by atoms with Gasteiger partial charge in [-0.3, -0.25) is 0 Å². The average molecular weight is 219 g/mol. The Hall–Kier alpha value is -0.0900. The van der Waals surface area contributed by atoms with Crippen LogP contribution in [0.4, 0.5) is 0 Å². The Morgan fingerprint density at radius 1 is 1.62 bits per heavy atom. The summed E-state index contributed by atoms with van der Waals surface area (Å²) in [6.07, 6.45) is 2.87. The lowest BCUT2D eigenvalue weighted by atomic mass is 10.1. The summed E-state index contributed by atoms with van der Waals surface area (Å²) in [5.41, 5.74) is 0. The van der Waals surface area contributed by atoms with E-state index in [9.17, 15) is 4.79 Å². The van der Waals surface area contributed by atoms with Crippen molar-refractivity contribution in [3.63, 3.8) is 0 Å². The van der Waals surface area contributed by atoms with Crippen molar-refractivity contribution in [2.45, 2.75) is 31.4 Å². The highest BCUT2D eigenvalue weighted by Gasteiger charge is 2.25. The van der Waals surface area contributed by atoms with Gasteiger partial charge in [0.2, 0.25) is 0 Å². The van der Waals surface area contributed by atoms with Crippen molar-refractivity contribution in [3.8, 4) is 0 Å². The minimum absolute atomic E-state index is 0.351. The van der Waals surface area contributed by atoms with Crippen LogP contribution in [0.5, 0.6) is 0 Å². The number of hydrogen-bond acceptors (Lipinski definition) is 3. The van der Waals surface area contributed by atoms with Crippen LogP contribution in [0, 0.1) is 0 Å². The summed E-state index contributed by atoms with van der Waals surface area (Å²) in [6.45, 7) is 4.00. The van der Waals surface area contributed by atoms with E-state index in [0.29, 0.717) is 0 Å². The third-order valence-electron chi connectivity index (χ3n) is 1.68. The van der Waals surface area contributed by atoms with Crippen LogP contribution < -0.4 is 0 Å². The van der Waals surface area contributed by atoms with Crippen LogP contribution in [-0.4, -0.2) is 34.3 Å². The van der Waals surface area contributed by atoms with Crippen LogP contribution in [0.3, 0.4) is 0 Å². The van der Waals surface area contributed by atoms with Crippen molar-refractivity contribution >= 4 is 34.6 Å². The van der Waals surface area contributed by atoms with Crippen LogP contribution >= 0.6 is 24.0 Å². The molecule has 0 aliphatic carbocycles. The standard InChI is InChI=1S/C9H17NOS2/c1-5-6-9(2,7-11)13-8(12)10(3)4/h7H,5-6H2,1-4H3. The normalized spacial score (nSPS) is 14.8. The molecule has 0 rings (SSSR count). The van der Waals surface area contributed by atoms with Gasteiger partial charge < -0.3 is 9.69 Å². The topological polar surface area (TPSA) is 20.3 Å². The van der Waals surface area contributed by atoms with Gasteiger partial charge >= 0.3 is 0 Å². The molecular formula is C9H17NOS2. The fourth-order valence-electron chi connectivity index (χ4n) is 0.921. The second-order valence-electron chi connectivity index (χ2n) is 3.44. The van der Waals surface area contributed by atoms with E-state index in [2.05, 4.69) is 6.92 Å². The molecule has 0 amide bonds. The lowest BCUT2D eigenvalue weighted by molar-refractivity contribution is -0.109. The molecule has 0 radical (unpaired) electrons. The first-order valence-electron chi connectivity index (χ1n) is 4.32. The molecule has 0 N–H and O–H groups in total. The van der Waals surface area contributed by atoms with E-state index in [-0.39, 0.29) is 4.75 Å². The van der Waals surface area contributed by atoms with E-state index in [1.54, 1.807) is 0 Å². The second kappa shape index (κ2) is 5.60. The zero-order valence-corrected chi connectivity index (χ0v) is 10.3. The molecule has 0 bridgehead atoms. The Morgan fingerprint density at radius 3 is 2.46 bits per heavy atom. The molecule has 4 heteroatoms. The van der Waals surface area contributed by atoms with E-state index >= 15 is 0 Å². The fourth-order valence-corrected chi connectivity index (χ4v) is 2.43. The van der Waals surface area contributed by atoms with Gasteiger partial charge in [0, 0.05) is 14.1 Å². The summed E-state index contributed by atoms with van der Waals surface area (Å²) in [6, 6.07) is 0. The van der Waals surface area contributed by atoms with Crippen molar-refractivity contribution in [3.05, 3.63) is 0 Å². The molecule has 0 aliphatic heterocycles. The number of thioether (sulfide) groups is 1. The number of nitrogens with zero attached hydrogens (tertiary/aromatic N) is 1. The lowest BCUT2D eigenvalue weighted by Crippen LogP contribution is -2.28. The summed E-state index contributed by atoms with van der Waals surface area (Å²) in [7, 11) is 3.79. The summed E-state index contributed by atoms with van der Waals surface area (Å²) >= 11 is 6.61. The van der Waals surface area contributed by atoms with E-state index < -0.39 is 0 Å². The highest BCUT2D eigenvalue weighted by Crippen LogP contribution is 2.29. The molecular weight excluding hydrogens is 202 g/mol. The van der Waals surface area contributed by atoms with Crippen molar-refractivity contribution in [2.75, 3.05) is 14.1 Å². The van der Waals surface area contributed by atoms with Crippen LogP contribution in [-0.2, 0) is 4.79 Å². The minimum atomic E-state index is -0.351. The number of rotatable bonds is 4. The Labute approximate surface area is 90.1 Å². The summed E-state index contributed by atoms with van der Waals surface area (Å²) in [5.74, 6) is 0. The second-order valence-corrected chi connectivity index (χ2v) is 5.61. The van der Waals surface area contributed by atoms with E-state index in [0.717, 1.165) is 23.4 Å². The fraction of sp³-hybridized carbons (Fsp3) is 0.778. The smallest absolute Gasteiger partial charge is 0.136 e. The Kier molecular flexibility index (Phi) is 5.56. The number of carbonyl (C=O) groups is 1. The lowest BCUT2D eigenvalue weighted by Gasteiger charge is -2.24. The van der Waals surface area contributed by atoms with Crippen molar-refractivity contribution in [1.82, 2.24) is 4.90 Å². The highest BCUT2D eigenvalue weighted by atomic mass is 32.2. The molecule has 76 valence electrons. The molecule has 0 fully saturated rings. The van der Waals surface area contributed by atoms with Gasteiger partial charge in [-0.05, 0) is 13.3 Å². The first kappa shape index (κ1) is 12.9. The van der Waals surface area contributed by atoms with E-state index in [1.807, 2.05) is 25.9 Å². The molecule has 0 aromatic rings. The molecule has 1 unspecified atom stereocenters. The third-order valence-corrected chi connectivity index (χ3v) is 3.60. The molecule has 0 saturated carbocycles. The van der Waals surface area contributed by atoms with E-state index in [1.165, 1.54) is 11.8 Å². The predicted molar refractivity (Wildman–Crippen MR) is 63.3 cm³/mol.